The molecule has 0 unspecified atom stereocenters. The van der Waals surface area contributed by atoms with Crippen LogP contribution in [0.1, 0.15) is 17.3 Å². The lowest BCUT2D eigenvalue weighted by Crippen LogP contribution is -2.33. The minimum atomic E-state index is 0.0910. The minimum Gasteiger partial charge on any atom is -0.375 e. The van der Waals surface area contributed by atoms with Crippen LogP contribution in [-0.4, -0.2) is 66.1 Å². The van der Waals surface area contributed by atoms with Gasteiger partial charge in [0.15, 0.2) is 0 Å². The fourth-order valence-electron chi connectivity index (χ4n) is 3.87. The lowest BCUT2D eigenvalue weighted by molar-refractivity contribution is 0.0485. The van der Waals surface area contributed by atoms with Crippen molar-refractivity contribution in [3.8, 4) is 0 Å². The number of hydrogen-bond acceptors (Lipinski definition) is 4. The summed E-state index contributed by atoms with van der Waals surface area (Å²) in [5, 5.41) is 0.924. The third-order valence-electron chi connectivity index (χ3n) is 5.23. The lowest BCUT2D eigenvalue weighted by atomic mass is 10.1. The molecule has 0 spiro atoms. The molecule has 5 nitrogen and oxygen atoms in total. The summed E-state index contributed by atoms with van der Waals surface area (Å²) in [6, 6.07) is 9.65. The molecule has 0 N–H and O–H groups in total. The number of carbonyl (C=O) groups excluding carboxylic acids is 1. The van der Waals surface area contributed by atoms with E-state index in [0.29, 0.717) is 12.5 Å². The maximum absolute atomic E-state index is 13.1. The standard InChI is InChI=1S/C19H23N3O2/c1-2-21-9-10-24-18-13-22(12-14(18)11-21)19(23)16-7-8-20-17-6-4-3-5-15(16)17/h3-8,14,18H,2,9-13H2,1H3/t14-,18+/m0/s1. The van der Waals surface area contributed by atoms with Crippen LogP contribution in [0.4, 0.5) is 0 Å². The smallest absolute Gasteiger partial charge is 0.254 e. The normalized spacial score (nSPS) is 24.8. The van der Waals surface area contributed by atoms with Gasteiger partial charge >= 0.3 is 0 Å². The number of likely N-dealkylation sites (tertiary alicyclic amines) is 1. The molecule has 3 heterocycles. The summed E-state index contributed by atoms with van der Waals surface area (Å²) < 4.78 is 6.01. The van der Waals surface area contributed by atoms with E-state index in [1.54, 1.807) is 6.20 Å². The molecule has 2 atom stereocenters. The van der Waals surface area contributed by atoms with Crippen molar-refractivity contribution in [2.24, 2.45) is 5.92 Å². The Balaban J connectivity index is 1.57. The van der Waals surface area contributed by atoms with E-state index >= 15 is 0 Å². The molecule has 5 heteroatoms. The number of benzene rings is 1. The topological polar surface area (TPSA) is 45.7 Å². The molecule has 2 aliphatic heterocycles. The molecule has 0 bridgehead atoms. The van der Waals surface area contributed by atoms with E-state index < -0.39 is 0 Å². The van der Waals surface area contributed by atoms with Gasteiger partial charge in [0.2, 0.25) is 0 Å². The zero-order chi connectivity index (χ0) is 16.5. The molecular formula is C19H23N3O2. The van der Waals surface area contributed by atoms with E-state index in [1.807, 2.05) is 35.2 Å². The first-order valence-electron chi connectivity index (χ1n) is 8.73. The number of carbonyl (C=O) groups is 1. The molecule has 2 aliphatic rings. The van der Waals surface area contributed by atoms with Crippen molar-refractivity contribution < 1.29 is 9.53 Å². The van der Waals surface area contributed by atoms with Gasteiger partial charge in [-0.1, -0.05) is 25.1 Å². The predicted octanol–water partition coefficient (Wildman–Crippen LogP) is 2.03. The monoisotopic (exact) mass is 325 g/mol. The maximum atomic E-state index is 13.1. The van der Waals surface area contributed by atoms with Gasteiger partial charge in [0, 0.05) is 43.7 Å². The van der Waals surface area contributed by atoms with Gasteiger partial charge in [-0.05, 0) is 18.7 Å². The molecule has 0 radical (unpaired) electrons. The number of nitrogens with zero attached hydrogens (tertiary/aromatic N) is 3. The fourth-order valence-corrected chi connectivity index (χ4v) is 3.87. The first-order valence-corrected chi connectivity index (χ1v) is 8.73. The first kappa shape index (κ1) is 15.5. The van der Waals surface area contributed by atoms with E-state index in [-0.39, 0.29) is 12.0 Å². The number of amides is 1. The van der Waals surface area contributed by atoms with Crippen molar-refractivity contribution in [2.75, 3.05) is 39.3 Å². The summed E-state index contributed by atoms with van der Waals surface area (Å²) in [6.45, 7) is 7.45. The summed E-state index contributed by atoms with van der Waals surface area (Å²) in [4.78, 5) is 21.8. The van der Waals surface area contributed by atoms with Gasteiger partial charge < -0.3 is 14.5 Å². The van der Waals surface area contributed by atoms with Gasteiger partial charge in [0.25, 0.3) is 5.91 Å². The van der Waals surface area contributed by atoms with E-state index in [4.69, 9.17) is 4.74 Å². The number of pyridine rings is 1. The van der Waals surface area contributed by atoms with E-state index in [2.05, 4.69) is 16.8 Å². The third-order valence-corrected chi connectivity index (χ3v) is 5.23. The minimum absolute atomic E-state index is 0.0910. The number of para-hydroxylation sites is 1. The Bertz CT molecular complexity index is 743. The Morgan fingerprint density at radius 1 is 1.25 bits per heavy atom. The number of ether oxygens (including phenoxy) is 1. The fraction of sp³-hybridized carbons (Fsp3) is 0.474. The van der Waals surface area contributed by atoms with Crippen LogP contribution in [0.5, 0.6) is 0 Å². The van der Waals surface area contributed by atoms with Crippen LogP contribution in [0.2, 0.25) is 0 Å². The number of likely N-dealkylation sites (N-methyl/N-ethyl adjacent to an activating group) is 1. The molecule has 0 aliphatic carbocycles. The Labute approximate surface area is 142 Å². The molecule has 2 aromatic rings. The highest BCUT2D eigenvalue weighted by Gasteiger charge is 2.38. The van der Waals surface area contributed by atoms with Gasteiger partial charge in [-0.15, -0.1) is 0 Å². The third kappa shape index (κ3) is 2.78. The second-order valence-corrected chi connectivity index (χ2v) is 6.65. The number of aromatic nitrogens is 1. The molecule has 0 saturated carbocycles. The Kier molecular flexibility index (Phi) is 4.21. The molecule has 1 amide bonds. The second-order valence-electron chi connectivity index (χ2n) is 6.65. The van der Waals surface area contributed by atoms with Gasteiger partial charge in [-0.2, -0.15) is 0 Å². The van der Waals surface area contributed by atoms with Crippen LogP contribution in [0.25, 0.3) is 10.9 Å². The second kappa shape index (κ2) is 6.49. The quantitative estimate of drug-likeness (QED) is 0.847. The summed E-state index contributed by atoms with van der Waals surface area (Å²) in [5.41, 5.74) is 1.61. The number of hydrogen-bond donors (Lipinski definition) is 0. The molecule has 24 heavy (non-hydrogen) atoms. The summed E-state index contributed by atoms with van der Waals surface area (Å²) in [5.74, 6) is 0.498. The van der Waals surface area contributed by atoms with Gasteiger partial charge in [0.1, 0.15) is 0 Å². The molecule has 4 rings (SSSR count). The van der Waals surface area contributed by atoms with Gasteiger partial charge in [-0.3, -0.25) is 9.78 Å². The lowest BCUT2D eigenvalue weighted by Gasteiger charge is -2.22. The van der Waals surface area contributed by atoms with Crippen molar-refractivity contribution >= 4 is 16.8 Å². The molecule has 126 valence electrons. The SMILES string of the molecule is CCN1CCO[C@@H]2CN(C(=O)c3ccnc4ccccc34)C[C@@H]2C1. The highest BCUT2D eigenvalue weighted by Crippen LogP contribution is 2.26. The van der Waals surface area contributed by atoms with Crippen molar-refractivity contribution in [1.82, 2.24) is 14.8 Å². The molecule has 2 fully saturated rings. The van der Waals surface area contributed by atoms with E-state index in [0.717, 1.165) is 49.3 Å². The zero-order valence-electron chi connectivity index (χ0n) is 14.0. The van der Waals surface area contributed by atoms with E-state index in [9.17, 15) is 4.79 Å². The Hall–Kier alpha value is -1.98. The van der Waals surface area contributed by atoms with Crippen LogP contribution in [-0.2, 0) is 4.74 Å². The summed E-state index contributed by atoms with van der Waals surface area (Å²) in [7, 11) is 0. The zero-order valence-corrected chi connectivity index (χ0v) is 14.0. The number of rotatable bonds is 2. The van der Waals surface area contributed by atoms with E-state index in [1.165, 1.54) is 0 Å². The molecular weight excluding hydrogens is 302 g/mol. The average Bonchev–Trinajstić information content (AvgIpc) is 2.92. The maximum Gasteiger partial charge on any atom is 0.254 e. The van der Waals surface area contributed by atoms with Crippen LogP contribution < -0.4 is 0 Å². The molecule has 1 aromatic heterocycles. The van der Waals surface area contributed by atoms with Gasteiger partial charge in [0.05, 0.1) is 23.8 Å². The highest BCUT2D eigenvalue weighted by atomic mass is 16.5. The first-order chi connectivity index (χ1) is 11.8. The predicted molar refractivity (Wildman–Crippen MR) is 93.0 cm³/mol. The van der Waals surface area contributed by atoms with Crippen molar-refractivity contribution in [3.05, 3.63) is 42.1 Å². The van der Waals surface area contributed by atoms with Crippen molar-refractivity contribution in [2.45, 2.75) is 13.0 Å². The molecule has 2 saturated heterocycles. The van der Waals surface area contributed by atoms with Gasteiger partial charge in [-0.25, -0.2) is 0 Å². The average molecular weight is 325 g/mol. The molecule has 1 aromatic carbocycles. The van der Waals surface area contributed by atoms with Crippen LogP contribution in [0.15, 0.2) is 36.5 Å². The van der Waals surface area contributed by atoms with Crippen molar-refractivity contribution in [1.29, 1.82) is 0 Å². The summed E-state index contributed by atoms with van der Waals surface area (Å²) in [6.07, 6.45) is 1.89. The number of fused-ring (bicyclic) bond motifs is 2. The Morgan fingerprint density at radius 3 is 3.00 bits per heavy atom. The largest absolute Gasteiger partial charge is 0.375 e. The highest BCUT2D eigenvalue weighted by molar-refractivity contribution is 6.06. The van der Waals surface area contributed by atoms with Crippen LogP contribution >= 0.6 is 0 Å². The van der Waals surface area contributed by atoms with Crippen molar-refractivity contribution in [3.63, 3.8) is 0 Å². The van der Waals surface area contributed by atoms with Crippen LogP contribution in [0.3, 0.4) is 0 Å². The van der Waals surface area contributed by atoms with Crippen LogP contribution in [0, 0.1) is 5.92 Å². The summed E-state index contributed by atoms with van der Waals surface area (Å²) >= 11 is 0. The Morgan fingerprint density at radius 2 is 2.12 bits per heavy atom.